The van der Waals surface area contributed by atoms with Crippen molar-refractivity contribution in [2.45, 2.75) is 53.6 Å². The van der Waals surface area contributed by atoms with Gasteiger partial charge in [-0.15, -0.1) is 0 Å². The Morgan fingerprint density at radius 1 is 1.13 bits per heavy atom. The molecule has 1 atom stereocenters. The average molecular weight is 415 g/mol. The highest BCUT2D eigenvalue weighted by Crippen LogP contribution is 2.23. The minimum absolute atomic E-state index is 0.184. The number of carbonyl (C=O) groups is 2. The smallest absolute Gasteiger partial charge is 0.261 e. The summed E-state index contributed by atoms with van der Waals surface area (Å²) in [5.74, 6) is -0.225. The van der Waals surface area contributed by atoms with Crippen LogP contribution in [-0.4, -0.2) is 35.9 Å². The molecule has 0 aliphatic carbocycles. The molecule has 162 valence electrons. The Morgan fingerprint density at radius 3 is 2.43 bits per heavy atom. The molecule has 0 aliphatic rings. The SMILES string of the molecule is CCCNC(=O)[C@H](C)N(Cc1ccc(F)cc1)C(=O)COc1cc(C)cc(C)c1C. The second kappa shape index (κ2) is 10.8. The molecule has 30 heavy (non-hydrogen) atoms. The van der Waals surface area contributed by atoms with Crippen molar-refractivity contribution in [1.82, 2.24) is 10.2 Å². The first kappa shape index (κ1) is 23.4. The van der Waals surface area contributed by atoms with Crippen molar-refractivity contribution in [1.29, 1.82) is 0 Å². The third-order valence-corrected chi connectivity index (χ3v) is 5.10. The van der Waals surface area contributed by atoms with Crippen molar-refractivity contribution < 1.29 is 18.7 Å². The summed E-state index contributed by atoms with van der Waals surface area (Å²) in [6, 6.07) is 9.19. The molecule has 0 saturated carbocycles. The molecule has 0 spiro atoms. The molecule has 6 heteroatoms. The van der Waals surface area contributed by atoms with Crippen LogP contribution in [0, 0.1) is 26.6 Å². The number of nitrogens with one attached hydrogen (secondary N) is 1. The molecular formula is C24H31FN2O3. The molecule has 2 aromatic rings. The van der Waals surface area contributed by atoms with Crippen LogP contribution in [0.1, 0.15) is 42.5 Å². The first-order valence-electron chi connectivity index (χ1n) is 10.2. The lowest BCUT2D eigenvalue weighted by molar-refractivity contribution is -0.142. The lowest BCUT2D eigenvalue weighted by atomic mass is 10.1. The predicted octanol–water partition coefficient (Wildman–Crippen LogP) is 4.07. The van der Waals surface area contributed by atoms with Gasteiger partial charge in [-0.3, -0.25) is 9.59 Å². The number of aryl methyl sites for hydroxylation is 2. The zero-order chi connectivity index (χ0) is 22.3. The van der Waals surface area contributed by atoms with E-state index in [-0.39, 0.29) is 30.8 Å². The van der Waals surface area contributed by atoms with E-state index in [4.69, 9.17) is 4.74 Å². The van der Waals surface area contributed by atoms with Gasteiger partial charge in [0.15, 0.2) is 6.61 Å². The molecule has 2 aromatic carbocycles. The predicted molar refractivity (Wildman–Crippen MR) is 116 cm³/mol. The molecule has 0 unspecified atom stereocenters. The van der Waals surface area contributed by atoms with E-state index >= 15 is 0 Å². The van der Waals surface area contributed by atoms with Gasteiger partial charge in [-0.05, 0) is 74.6 Å². The summed E-state index contributed by atoms with van der Waals surface area (Å²) in [6.45, 7) is 10.1. The summed E-state index contributed by atoms with van der Waals surface area (Å²) in [7, 11) is 0. The standard InChI is InChI=1S/C24H31FN2O3/c1-6-11-26-24(29)19(5)27(14-20-7-9-21(25)10-8-20)23(28)15-30-22-13-16(2)12-17(3)18(22)4/h7-10,12-13,19H,6,11,14-15H2,1-5H3,(H,26,29)/t19-/m0/s1. The normalized spacial score (nSPS) is 11.7. The van der Waals surface area contributed by atoms with E-state index in [0.29, 0.717) is 12.3 Å². The van der Waals surface area contributed by atoms with Crippen molar-refractivity contribution in [3.05, 3.63) is 64.5 Å². The fraction of sp³-hybridized carbons (Fsp3) is 0.417. The summed E-state index contributed by atoms with van der Waals surface area (Å²) < 4.78 is 19.1. The largest absolute Gasteiger partial charge is 0.483 e. The van der Waals surface area contributed by atoms with Gasteiger partial charge in [-0.1, -0.05) is 25.1 Å². The maximum atomic E-state index is 13.3. The van der Waals surface area contributed by atoms with Gasteiger partial charge >= 0.3 is 0 Å². The molecule has 2 rings (SSSR count). The Hall–Kier alpha value is -2.89. The highest BCUT2D eigenvalue weighted by molar-refractivity contribution is 5.88. The lowest BCUT2D eigenvalue weighted by Crippen LogP contribution is -2.49. The van der Waals surface area contributed by atoms with Gasteiger partial charge in [-0.2, -0.15) is 0 Å². The molecule has 5 nitrogen and oxygen atoms in total. The van der Waals surface area contributed by atoms with Gasteiger partial charge in [-0.25, -0.2) is 4.39 Å². The number of carbonyl (C=O) groups excluding carboxylic acids is 2. The second-order valence-corrected chi connectivity index (χ2v) is 7.61. The zero-order valence-corrected chi connectivity index (χ0v) is 18.4. The van der Waals surface area contributed by atoms with Crippen LogP contribution in [0.2, 0.25) is 0 Å². The van der Waals surface area contributed by atoms with Gasteiger partial charge in [0.2, 0.25) is 5.91 Å². The molecule has 0 aliphatic heterocycles. The monoisotopic (exact) mass is 414 g/mol. The second-order valence-electron chi connectivity index (χ2n) is 7.61. The maximum Gasteiger partial charge on any atom is 0.261 e. The van der Waals surface area contributed by atoms with Crippen LogP contribution in [0.5, 0.6) is 5.75 Å². The molecule has 2 amide bonds. The molecule has 0 saturated heterocycles. The molecular weight excluding hydrogens is 383 g/mol. The van der Waals surface area contributed by atoms with Crippen molar-refractivity contribution in [3.8, 4) is 5.75 Å². The Labute approximate surface area is 178 Å². The first-order chi connectivity index (χ1) is 14.2. The topological polar surface area (TPSA) is 58.6 Å². The van der Waals surface area contributed by atoms with Crippen LogP contribution in [0.25, 0.3) is 0 Å². The summed E-state index contributed by atoms with van der Waals surface area (Å²) in [6.07, 6.45) is 0.805. The third-order valence-electron chi connectivity index (χ3n) is 5.10. The van der Waals surface area contributed by atoms with Crippen LogP contribution in [-0.2, 0) is 16.1 Å². The highest BCUT2D eigenvalue weighted by atomic mass is 19.1. The average Bonchev–Trinajstić information content (AvgIpc) is 2.72. The molecule has 0 fully saturated rings. The summed E-state index contributed by atoms with van der Waals surface area (Å²) in [4.78, 5) is 27.0. The van der Waals surface area contributed by atoms with Crippen molar-refractivity contribution >= 4 is 11.8 Å². The number of halogens is 1. The molecule has 0 aromatic heterocycles. The molecule has 0 heterocycles. The fourth-order valence-electron chi connectivity index (χ4n) is 3.14. The molecule has 0 radical (unpaired) electrons. The van der Waals surface area contributed by atoms with E-state index in [1.165, 1.54) is 17.0 Å². The van der Waals surface area contributed by atoms with E-state index in [0.717, 1.165) is 28.7 Å². The first-order valence-corrected chi connectivity index (χ1v) is 10.2. The lowest BCUT2D eigenvalue weighted by Gasteiger charge is -2.29. The van der Waals surface area contributed by atoms with Crippen LogP contribution in [0.15, 0.2) is 36.4 Å². The molecule has 1 N–H and O–H groups in total. The van der Waals surface area contributed by atoms with E-state index in [2.05, 4.69) is 11.4 Å². The number of hydrogen-bond acceptors (Lipinski definition) is 3. The summed E-state index contributed by atoms with van der Waals surface area (Å²) >= 11 is 0. The Morgan fingerprint density at radius 2 is 1.80 bits per heavy atom. The van der Waals surface area contributed by atoms with Crippen LogP contribution >= 0.6 is 0 Å². The number of hydrogen-bond donors (Lipinski definition) is 1. The Kier molecular flexibility index (Phi) is 8.39. The van der Waals surface area contributed by atoms with Gasteiger partial charge in [0.05, 0.1) is 0 Å². The van der Waals surface area contributed by atoms with Crippen LogP contribution in [0.3, 0.4) is 0 Å². The van der Waals surface area contributed by atoms with Crippen molar-refractivity contribution in [2.75, 3.05) is 13.2 Å². The molecule has 0 bridgehead atoms. The van der Waals surface area contributed by atoms with Gasteiger partial charge < -0.3 is 15.0 Å². The number of ether oxygens (including phenoxy) is 1. The van der Waals surface area contributed by atoms with Gasteiger partial charge in [0.25, 0.3) is 5.91 Å². The number of benzene rings is 2. The van der Waals surface area contributed by atoms with E-state index < -0.39 is 6.04 Å². The number of nitrogens with zero attached hydrogens (tertiary/aromatic N) is 1. The minimum atomic E-state index is -0.682. The van der Waals surface area contributed by atoms with Gasteiger partial charge in [0, 0.05) is 13.1 Å². The minimum Gasteiger partial charge on any atom is -0.483 e. The van der Waals surface area contributed by atoms with E-state index in [1.807, 2.05) is 33.8 Å². The van der Waals surface area contributed by atoms with Crippen molar-refractivity contribution in [2.24, 2.45) is 0 Å². The quantitative estimate of drug-likeness (QED) is 0.673. The van der Waals surface area contributed by atoms with Crippen LogP contribution in [0.4, 0.5) is 4.39 Å². The summed E-state index contributed by atoms with van der Waals surface area (Å²) in [5.41, 5.74) is 3.86. The van der Waals surface area contributed by atoms with Gasteiger partial charge in [0.1, 0.15) is 17.6 Å². The Bertz CT molecular complexity index is 881. The Balaban J connectivity index is 2.18. The third kappa shape index (κ3) is 6.31. The van der Waals surface area contributed by atoms with E-state index in [9.17, 15) is 14.0 Å². The highest BCUT2D eigenvalue weighted by Gasteiger charge is 2.26. The van der Waals surface area contributed by atoms with E-state index in [1.54, 1.807) is 19.1 Å². The van der Waals surface area contributed by atoms with Crippen molar-refractivity contribution in [3.63, 3.8) is 0 Å². The summed E-state index contributed by atoms with van der Waals surface area (Å²) in [5, 5.41) is 2.83. The number of amides is 2. The maximum absolute atomic E-state index is 13.3. The van der Waals surface area contributed by atoms with Crippen LogP contribution < -0.4 is 10.1 Å². The zero-order valence-electron chi connectivity index (χ0n) is 18.4. The fourth-order valence-corrected chi connectivity index (χ4v) is 3.14. The number of rotatable bonds is 9.